The zero-order valence-electron chi connectivity index (χ0n) is 14.5. The quantitative estimate of drug-likeness (QED) is 0.670. The molecule has 0 saturated carbocycles. The maximum Gasteiger partial charge on any atom is 0.410 e. The lowest BCUT2D eigenvalue weighted by Crippen LogP contribution is -2.57. The molecule has 2 rings (SSSR count). The van der Waals surface area contributed by atoms with Crippen LogP contribution in [0.15, 0.2) is 24.3 Å². The van der Waals surface area contributed by atoms with Crippen LogP contribution in [-0.4, -0.2) is 53.2 Å². The van der Waals surface area contributed by atoms with Gasteiger partial charge in [0.25, 0.3) is 0 Å². The predicted octanol–water partition coefficient (Wildman–Crippen LogP) is 3.76. The second kappa shape index (κ2) is 7.58. The highest BCUT2D eigenvalue weighted by Gasteiger charge is 2.32. The van der Waals surface area contributed by atoms with Crippen LogP contribution in [0.4, 0.5) is 15.3 Å². The van der Waals surface area contributed by atoms with Gasteiger partial charge in [0.2, 0.25) is 0 Å². The first-order valence-electron chi connectivity index (χ1n) is 7.97. The molecule has 0 spiro atoms. The van der Waals surface area contributed by atoms with Gasteiger partial charge in [-0.2, -0.15) is 0 Å². The topological polar surface area (TPSA) is 61.9 Å². The van der Waals surface area contributed by atoms with Crippen molar-refractivity contribution in [2.75, 3.05) is 25.0 Å². The van der Waals surface area contributed by atoms with Crippen molar-refractivity contribution in [3.63, 3.8) is 0 Å². The standard InChI is InChI=1S/C17H24IN3O3/c1-12-11-20(16(23)24-17(2,3)4)9-10-21(12)15(22)19-14-8-6-5-7-13(14)18/h5-8,12H,9-11H2,1-4H3,(H,19,22). The Bertz CT molecular complexity index is 615. The molecule has 1 unspecified atom stereocenters. The summed E-state index contributed by atoms with van der Waals surface area (Å²) in [6, 6.07) is 7.42. The van der Waals surface area contributed by atoms with Crippen molar-refractivity contribution >= 4 is 40.4 Å². The molecule has 1 atom stereocenters. The Morgan fingerprint density at radius 1 is 1.25 bits per heavy atom. The van der Waals surface area contributed by atoms with Crippen LogP contribution in [0.3, 0.4) is 0 Å². The van der Waals surface area contributed by atoms with Crippen LogP contribution in [0.25, 0.3) is 0 Å². The van der Waals surface area contributed by atoms with E-state index in [1.807, 2.05) is 52.0 Å². The zero-order valence-corrected chi connectivity index (χ0v) is 16.7. The minimum atomic E-state index is -0.515. The van der Waals surface area contributed by atoms with Crippen molar-refractivity contribution in [3.05, 3.63) is 27.8 Å². The van der Waals surface area contributed by atoms with Crippen LogP contribution in [0, 0.1) is 3.57 Å². The first-order valence-corrected chi connectivity index (χ1v) is 9.05. The number of nitrogens with zero attached hydrogens (tertiary/aromatic N) is 2. The summed E-state index contributed by atoms with van der Waals surface area (Å²) in [6.07, 6.45) is -0.327. The number of para-hydroxylation sites is 1. The number of halogens is 1. The Balaban J connectivity index is 1.94. The lowest BCUT2D eigenvalue weighted by Gasteiger charge is -2.40. The summed E-state index contributed by atoms with van der Waals surface area (Å²) < 4.78 is 6.39. The normalized spacial score (nSPS) is 18.3. The van der Waals surface area contributed by atoms with Gasteiger partial charge in [0.05, 0.1) is 5.69 Å². The number of ether oxygens (including phenoxy) is 1. The SMILES string of the molecule is CC1CN(C(=O)OC(C)(C)C)CCN1C(=O)Nc1ccccc1I. The van der Waals surface area contributed by atoms with E-state index in [0.717, 1.165) is 9.26 Å². The van der Waals surface area contributed by atoms with E-state index in [9.17, 15) is 9.59 Å². The maximum atomic E-state index is 12.5. The predicted molar refractivity (Wildman–Crippen MR) is 102 cm³/mol. The number of nitrogens with one attached hydrogen (secondary N) is 1. The van der Waals surface area contributed by atoms with Gasteiger partial charge in [0, 0.05) is 29.2 Å². The number of hydrogen-bond donors (Lipinski definition) is 1. The minimum absolute atomic E-state index is 0.0763. The molecule has 0 aliphatic carbocycles. The number of urea groups is 1. The zero-order chi connectivity index (χ0) is 17.9. The number of piperazine rings is 1. The number of benzene rings is 1. The van der Waals surface area contributed by atoms with Gasteiger partial charge in [0.15, 0.2) is 0 Å². The highest BCUT2D eigenvalue weighted by molar-refractivity contribution is 14.1. The molecule has 0 aromatic heterocycles. The van der Waals surface area contributed by atoms with Crippen molar-refractivity contribution in [1.29, 1.82) is 0 Å². The molecule has 1 aromatic rings. The number of hydrogen-bond acceptors (Lipinski definition) is 3. The van der Waals surface area contributed by atoms with Crippen LogP contribution >= 0.6 is 22.6 Å². The monoisotopic (exact) mass is 445 g/mol. The smallest absolute Gasteiger partial charge is 0.410 e. The lowest BCUT2D eigenvalue weighted by atomic mass is 10.2. The third-order valence-electron chi connectivity index (χ3n) is 3.66. The fraction of sp³-hybridized carbons (Fsp3) is 0.529. The van der Waals surface area contributed by atoms with Crippen molar-refractivity contribution in [2.45, 2.75) is 39.3 Å². The van der Waals surface area contributed by atoms with Gasteiger partial charge < -0.3 is 19.9 Å². The third kappa shape index (κ3) is 4.99. The van der Waals surface area contributed by atoms with E-state index >= 15 is 0 Å². The molecular weight excluding hydrogens is 421 g/mol. The molecule has 132 valence electrons. The summed E-state index contributed by atoms with van der Waals surface area (Å²) in [5.74, 6) is 0. The van der Waals surface area contributed by atoms with Crippen LogP contribution < -0.4 is 5.32 Å². The Hall–Kier alpha value is -1.51. The van der Waals surface area contributed by atoms with Gasteiger partial charge in [-0.3, -0.25) is 0 Å². The Morgan fingerprint density at radius 2 is 1.92 bits per heavy atom. The van der Waals surface area contributed by atoms with Gasteiger partial charge in [-0.15, -0.1) is 0 Å². The van der Waals surface area contributed by atoms with Crippen molar-refractivity contribution in [2.24, 2.45) is 0 Å². The number of amides is 3. The van der Waals surface area contributed by atoms with E-state index in [0.29, 0.717) is 19.6 Å². The fourth-order valence-electron chi connectivity index (χ4n) is 2.50. The van der Waals surface area contributed by atoms with E-state index in [-0.39, 0.29) is 18.2 Å². The Labute approximate surface area is 156 Å². The number of carbonyl (C=O) groups is 2. The van der Waals surface area contributed by atoms with Crippen LogP contribution in [0.1, 0.15) is 27.7 Å². The van der Waals surface area contributed by atoms with E-state index in [1.54, 1.807) is 9.80 Å². The first-order chi connectivity index (χ1) is 11.2. The Kier molecular flexibility index (Phi) is 5.95. The minimum Gasteiger partial charge on any atom is -0.444 e. The Morgan fingerprint density at radius 3 is 2.50 bits per heavy atom. The molecule has 3 amide bonds. The second-order valence-electron chi connectivity index (χ2n) is 6.88. The fourth-order valence-corrected chi connectivity index (χ4v) is 3.02. The lowest BCUT2D eigenvalue weighted by molar-refractivity contribution is 0.0112. The molecular formula is C17H24IN3O3. The maximum absolute atomic E-state index is 12.5. The van der Waals surface area contributed by atoms with E-state index in [2.05, 4.69) is 27.9 Å². The van der Waals surface area contributed by atoms with E-state index in [4.69, 9.17) is 4.74 Å². The van der Waals surface area contributed by atoms with Gasteiger partial charge in [-0.1, -0.05) is 12.1 Å². The van der Waals surface area contributed by atoms with Crippen molar-refractivity contribution in [1.82, 2.24) is 9.80 Å². The van der Waals surface area contributed by atoms with Crippen molar-refractivity contribution in [3.8, 4) is 0 Å². The average molecular weight is 445 g/mol. The number of anilines is 1. The average Bonchev–Trinajstić information content (AvgIpc) is 2.47. The van der Waals surface area contributed by atoms with Gasteiger partial charge in [-0.25, -0.2) is 9.59 Å². The molecule has 6 nitrogen and oxygen atoms in total. The number of carbonyl (C=O) groups excluding carboxylic acids is 2. The molecule has 24 heavy (non-hydrogen) atoms. The summed E-state index contributed by atoms with van der Waals surface area (Å²) >= 11 is 2.19. The highest BCUT2D eigenvalue weighted by atomic mass is 127. The molecule has 0 radical (unpaired) electrons. The van der Waals surface area contributed by atoms with Gasteiger partial charge in [0.1, 0.15) is 5.60 Å². The molecule has 1 aliphatic heterocycles. The first kappa shape index (κ1) is 18.8. The van der Waals surface area contributed by atoms with Crippen LogP contribution in [-0.2, 0) is 4.74 Å². The van der Waals surface area contributed by atoms with E-state index in [1.165, 1.54) is 0 Å². The number of rotatable bonds is 1. The molecule has 1 heterocycles. The molecule has 0 bridgehead atoms. The summed E-state index contributed by atoms with van der Waals surface area (Å²) in [5, 5.41) is 2.94. The summed E-state index contributed by atoms with van der Waals surface area (Å²) in [7, 11) is 0. The van der Waals surface area contributed by atoms with Gasteiger partial charge in [-0.05, 0) is 62.4 Å². The third-order valence-corrected chi connectivity index (χ3v) is 4.60. The molecule has 1 N–H and O–H groups in total. The molecule has 1 saturated heterocycles. The highest BCUT2D eigenvalue weighted by Crippen LogP contribution is 2.19. The molecule has 1 fully saturated rings. The molecule has 1 aliphatic rings. The van der Waals surface area contributed by atoms with Crippen LogP contribution in [0.5, 0.6) is 0 Å². The summed E-state index contributed by atoms with van der Waals surface area (Å²) in [5.41, 5.74) is 0.281. The van der Waals surface area contributed by atoms with Crippen LogP contribution in [0.2, 0.25) is 0 Å². The van der Waals surface area contributed by atoms with Gasteiger partial charge >= 0.3 is 12.1 Å². The van der Waals surface area contributed by atoms with Crippen molar-refractivity contribution < 1.29 is 14.3 Å². The summed E-state index contributed by atoms with van der Waals surface area (Å²) in [4.78, 5) is 28.1. The van der Waals surface area contributed by atoms with E-state index < -0.39 is 5.60 Å². The second-order valence-corrected chi connectivity index (χ2v) is 8.04. The molecule has 1 aromatic carbocycles. The summed E-state index contributed by atoms with van der Waals surface area (Å²) in [6.45, 7) is 8.90. The molecule has 7 heteroatoms. The largest absolute Gasteiger partial charge is 0.444 e.